The van der Waals surface area contributed by atoms with Crippen LogP contribution in [0.15, 0.2) is 109 Å². The fourth-order valence-electron chi connectivity index (χ4n) is 3.48. The van der Waals surface area contributed by atoms with Gasteiger partial charge >= 0.3 is 0 Å². The number of rotatable bonds is 3. The van der Waals surface area contributed by atoms with Gasteiger partial charge in [0.1, 0.15) is 5.69 Å². The first-order valence-corrected chi connectivity index (χ1v) is 10.1. The zero-order valence-electron chi connectivity index (χ0n) is 16.8. The molecule has 0 amide bonds. The van der Waals surface area contributed by atoms with Crippen molar-refractivity contribution in [3.05, 3.63) is 120 Å². The fraction of sp³-hybridized carbons (Fsp3) is 0. The standard InChI is InChI=1S/C28H19N3/c1-3-7-22(8-4-1)24-14-11-21(12-15-24)13-20-27-28(30-31-29-27)26-18-16-25(17-19-26)23-9-5-2-6-10-23/h1-12,14-19H,(H,29,30,31). The number of H-pyrrole nitrogens is 1. The average molecular weight is 397 g/mol. The minimum absolute atomic E-state index is 0.639. The van der Waals surface area contributed by atoms with Crippen molar-refractivity contribution in [2.24, 2.45) is 0 Å². The summed E-state index contributed by atoms with van der Waals surface area (Å²) in [6.45, 7) is 0. The van der Waals surface area contributed by atoms with Crippen LogP contribution >= 0.6 is 0 Å². The summed E-state index contributed by atoms with van der Waals surface area (Å²) in [6.07, 6.45) is 0. The first-order chi connectivity index (χ1) is 15.4. The van der Waals surface area contributed by atoms with Crippen LogP contribution < -0.4 is 0 Å². The average Bonchev–Trinajstić information content (AvgIpc) is 3.33. The number of aromatic nitrogens is 3. The molecule has 0 bridgehead atoms. The van der Waals surface area contributed by atoms with E-state index < -0.39 is 0 Å². The second-order valence-electron chi connectivity index (χ2n) is 7.16. The maximum Gasteiger partial charge on any atom is 0.163 e. The van der Waals surface area contributed by atoms with Crippen molar-refractivity contribution in [1.29, 1.82) is 0 Å². The zero-order valence-corrected chi connectivity index (χ0v) is 16.8. The summed E-state index contributed by atoms with van der Waals surface area (Å²) >= 11 is 0. The first kappa shape index (κ1) is 18.6. The van der Waals surface area contributed by atoms with Crippen molar-refractivity contribution in [2.75, 3.05) is 0 Å². The summed E-state index contributed by atoms with van der Waals surface area (Å²) in [5, 5.41) is 11.3. The van der Waals surface area contributed by atoms with Gasteiger partial charge in [-0.15, -0.1) is 5.10 Å². The van der Waals surface area contributed by atoms with Gasteiger partial charge in [-0.3, -0.25) is 0 Å². The molecule has 0 atom stereocenters. The smallest absolute Gasteiger partial charge is 0.163 e. The summed E-state index contributed by atoms with van der Waals surface area (Å²) in [5.74, 6) is 6.36. The van der Waals surface area contributed by atoms with E-state index >= 15 is 0 Å². The number of nitrogens with zero attached hydrogens (tertiary/aromatic N) is 2. The lowest BCUT2D eigenvalue weighted by Crippen LogP contribution is -1.85. The summed E-state index contributed by atoms with van der Waals surface area (Å²) in [4.78, 5) is 0. The van der Waals surface area contributed by atoms with E-state index in [9.17, 15) is 0 Å². The molecule has 0 aliphatic carbocycles. The van der Waals surface area contributed by atoms with Crippen LogP contribution in [-0.2, 0) is 0 Å². The van der Waals surface area contributed by atoms with Crippen LogP contribution in [0.25, 0.3) is 33.5 Å². The quantitative estimate of drug-likeness (QED) is 0.368. The molecule has 4 aromatic carbocycles. The molecule has 146 valence electrons. The van der Waals surface area contributed by atoms with E-state index in [1.54, 1.807) is 0 Å². The van der Waals surface area contributed by atoms with E-state index in [4.69, 9.17) is 0 Å². The highest BCUT2D eigenvalue weighted by Crippen LogP contribution is 2.25. The Morgan fingerprint density at radius 3 is 1.52 bits per heavy atom. The van der Waals surface area contributed by atoms with Gasteiger partial charge in [0.25, 0.3) is 0 Å². The van der Waals surface area contributed by atoms with Crippen LogP contribution in [0.3, 0.4) is 0 Å². The zero-order chi connectivity index (χ0) is 20.9. The molecular weight excluding hydrogens is 378 g/mol. The minimum atomic E-state index is 0.639. The molecule has 1 N–H and O–H groups in total. The Bertz CT molecular complexity index is 1340. The molecule has 1 aromatic heterocycles. The molecule has 1 heterocycles. The predicted molar refractivity (Wildman–Crippen MR) is 125 cm³/mol. The third kappa shape index (κ3) is 4.14. The molecule has 5 aromatic rings. The lowest BCUT2D eigenvalue weighted by molar-refractivity contribution is 0.938. The lowest BCUT2D eigenvalue weighted by atomic mass is 10.0. The third-order valence-electron chi connectivity index (χ3n) is 5.13. The van der Waals surface area contributed by atoms with Crippen molar-refractivity contribution in [3.8, 4) is 45.4 Å². The highest BCUT2D eigenvalue weighted by molar-refractivity contribution is 5.71. The van der Waals surface area contributed by atoms with Gasteiger partial charge in [0.15, 0.2) is 5.69 Å². The van der Waals surface area contributed by atoms with Crippen LogP contribution in [0.2, 0.25) is 0 Å². The van der Waals surface area contributed by atoms with Crippen LogP contribution in [0.1, 0.15) is 11.3 Å². The predicted octanol–water partition coefficient (Wildman–Crippen LogP) is 6.21. The fourth-order valence-corrected chi connectivity index (χ4v) is 3.48. The molecule has 0 spiro atoms. The minimum Gasteiger partial charge on any atom is -0.196 e. The third-order valence-corrected chi connectivity index (χ3v) is 5.13. The van der Waals surface area contributed by atoms with E-state index in [0.29, 0.717) is 5.69 Å². The van der Waals surface area contributed by atoms with E-state index in [1.165, 1.54) is 22.3 Å². The van der Waals surface area contributed by atoms with Gasteiger partial charge < -0.3 is 0 Å². The Kier molecular flexibility index (Phi) is 5.11. The van der Waals surface area contributed by atoms with Crippen LogP contribution in [0.5, 0.6) is 0 Å². The SMILES string of the molecule is C(#Cc1n[nH]nc1-c1ccc(-c2ccccc2)cc1)c1ccc(-c2ccccc2)cc1. The van der Waals surface area contributed by atoms with Gasteiger partial charge in [0, 0.05) is 11.1 Å². The largest absolute Gasteiger partial charge is 0.196 e. The normalized spacial score (nSPS) is 10.3. The van der Waals surface area contributed by atoms with Crippen molar-refractivity contribution in [1.82, 2.24) is 15.4 Å². The highest BCUT2D eigenvalue weighted by atomic mass is 15.3. The van der Waals surface area contributed by atoms with Crippen LogP contribution in [0, 0.1) is 11.8 Å². The van der Waals surface area contributed by atoms with E-state index in [1.807, 2.05) is 48.5 Å². The molecule has 0 saturated carbocycles. The van der Waals surface area contributed by atoms with Gasteiger partial charge in [-0.1, -0.05) is 103 Å². The molecule has 5 rings (SSSR count). The molecule has 0 aliphatic rings. The molecule has 31 heavy (non-hydrogen) atoms. The van der Waals surface area contributed by atoms with Crippen molar-refractivity contribution >= 4 is 0 Å². The van der Waals surface area contributed by atoms with Gasteiger partial charge in [0.2, 0.25) is 0 Å². The molecule has 3 nitrogen and oxygen atoms in total. The number of hydrogen-bond donors (Lipinski definition) is 1. The molecule has 0 radical (unpaired) electrons. The Labute approximate surface area is 181 Å². The van der Waals surface area contributed by atoms with Gasteiger partial charge in [-0.25, -0.2) is 0 Å². The van der Waals surface area contributed by atoms with E-state index in [0.717, 1.165) is 16.8 Å². The van der Waals surface area contributed by atoms with Gasteiger partial charge in [-0.2, -0.15) is 10.3 Å². The highest BCUT2D eigenvalue weighted by Gasteiger charge is 2.08. The monoisotopic (exact) mass is 397 g/mol. The van der Waals surface area contributed by atoms with E-state index in [-0.39, 0.29) is 0 Å². The number of aromatic amines is 1. The Balaban J connectivity index is 1.37. The number of benzene rings is 4. The first-order valence-electron chi connectivity index (χ1n) is 10.1. The maximum absolute atomic E-state index is 4.32. The molecule has 0 unspecified atom stereocenters. The van der Waals surface area contributed by atoms with Crippen LogP contribution in [-0.4, -0.2) is 15.4 Å². The number of hydrogen-bond acceptors (Lipinski definition) is 2. The topological polar surface area (TPSA) is 41.6 Å². The maximum atomic E-state index is 4.32. The van der Waals surface area contributed by atoms with Crippen molar-refractivity contribution in [3.63, 3.8) is 0 Å². The second-order valence-corrected chi connectivity index (χ2v) is 7.16. The molecule has 0 saturated heterocycles. The second kappa shape index (κ2) is 8.52. The molecule has 0 aliphatic heterocycles. The van der Waals surface area contributed by atoms with Crippen LogP contribution in [0.4, 0.5) is 0 Å². The summed E-state index contributed by atoms with van der Waals surface area (Å²) < 4.78 is 0. The molecule has 0 fully saturated rings. The summed E-state index contributed by atoms with van der Waals surface area (Å²) in [5.41, 5.74) is 8.04. The molecule has 3 heteroatoms. The van der Waals surface area contributed by atoms with E-state index in [2.05, 4.69) is 87.9 Å². The summed E-state index contributed by atoms with van der Waals surface area (Å²) in [6, 6.07) is 37.2. The van der Waals surface area contributed by atoms with Crippen molar-refractivity contribution in [2.45, 2.75) is 0 Å². The number of nitrogens with one attached hydrogen (secondary N) is 1. The Hall–Kier alpha value is -4.42. The summed E-state index contributed by atoms with van der Waals surface area (Å²) in [7, 11) is 0. The Morgan fingerprint density at radius 1 is 0.452 bits per heavy atom. The molecular formula is C28H19N3. The Morgan fingerprint density at radius 2 is 0.935 bits per heavy atom. The van der Waals surface area contributed by atoms with Gasteiger partial charge in [-0.05, 0) is 40.3 Å². The van der Waals surface area contributed by atoms with Crippen molar-refractivity contribution < 1.29 is 0 Å². The van der Waals surface area contributed by atoms with Gasteiger partial charge in [0.05, 0.1) is 0 Å². The lowest BCUT2D eigenvalue weighted by Gasteiger charge is -2.03.